The zero-order valence-corrected chi connectivity index (χ0v) is 35.0. The minimum absolute atomic E-state index is 0.250. The summed E-state index contributed by atoms with van der Waals surface area (Å²) in [6, 6.07) is 28.2. The predicted molar refractivity (Wildman–Crippen MR) is 227 cm³/mol. The summed E-state index contributed by atoms with van der Waals surface area (Å²) in [6.07, 6.45) is 10.8. The fourth-order valence-electron chi connectivity index (χ4n) is 5.11. The number of hydrogen-bond acceptors (Lipinski definition) is 9. The van der Waals surface area contributed by atoms with E-state index in [0.29, 0.717) is 52.8 Å². The van der Waals surface area contributed by atoms with Gasteiger partial charge in [-0.3, -0.25) is 4.98 Å². The molecule has 0 spiro atoms. The van der Waals surface area contributed by atoms with Crippen LogP contribution >= 0.6 is 15.9 Å². The van der Waals surface area contributed by atoms with Crippen LogP contribution in [0.25, 0.3) is 11.1 Å². The van der Waals surface area contributed by atoms with E-state index in [1.165, 1.54) is 22.3 Å². The fourth-order valence-corrected chi connectivity index (χ4v) is 5.35. The van der Waals surface area contributed by atoms with E-state index in [9.17, 15) is 9.42 Å². The average Bonchev–Trinajstić information content (AvgIpc) is 4.12. The number of pyridine rings is 2. The van der Waals surface area contributed by atoms with Crippen LogP contribution in [0, 0.1) is 0 Å². The number of hydrogen-bond donors (Lipinski definition) is 2. The van der Waals surface area contributed by atoms with Gasteiger partial charge in [0.25, 0.3) is 0 Å². The summed E-state index contributed by atoms with van der Waals surface area (Å²) in [5, 5.41) is 17.7. The Balaban J connectivity index is 0.000000289. The molecule has 3 aliphatic rings. The van der Waals surface area contributed by atoms with Crippen LogP contribution in [0.4, 0.5) is 13.5 Å². The molecule has 1 saturated heterocycles. The monoisotopic (exact) mass is 871 g/mol. The van der Waals surface area contributed by atoms with Gasteiger partial charge in [-0.1, -0.05) is 91.9 Å². The van der Waals surface area contributed by atoms with Crippen molar-refractivity contribution in [2.75, 3.05) is 52.9 Å². The number of aliphatic hydroxyl groups excluding tert-OH is 2. The Kier molecular flexibility index (Phi) is 28.8. The summed E-state index contributed by atoms with van der Waals surface area (Å²) in [7, 11) is 0.625. The van der Waals surface area contributed by atoms with Gasteiger partial charge in [-0.2, -0.15) is 0 Å². The van der Waals surface area contributed by atoms with E-state index in [2.05, 4.69) is 62.3 Å². The van der Waals surface area contributed by atoms with Crippen molar-refractivity contribution in [1.29, 1.82) is 0 Å². The smallest absolute Gasteiger partial charge is 0.354 e. The molecular weight excluding hydrogens is 816 g/mol. The highest BCUT2D eigenvalue weighted by Crippen LogP contribution is 2.22. The molecule has 0 aliphatic carbocycles. The molecule has 14 heteroatoms. The lowest BCUT2D eigenvalue weighted by molar-refractivity contribution is 0.0284. The van der Waals surface area contributed by atoms with Gasteiger partial charge in [0.2, 0.25) is 0 Å². The maximum atomic E-state index is 10.6. The number of rotatable bonds is 13. The van der Waals surface area contributed by atoms with Crippen LogP contribution in [0.5, 0.6) is 0 Å². The van der Waals surface area contributed by atoms with Crippen LogP contribution in [0.3, 0.4) is 0 Å². The van der Waals surface area contributed by atoms with E-state index in [0.717, 1.165) is 67.3 Å². The predicted octanol–water partition coefficient (Wildman–Crippen LogP) is 9.11. The zero-order valence-electron chi connectivity index (χ0n) is 33.4. The summed E-state index contributed by atoms with van der Waals surface area (Å²) in [5.41, 5.74) is 8.17. The van der Waals surface area contributed by atoms with Gasteiger partial charge in [-0.05, 0) is 87.5 Å². The number of halogens is 4. The van der Waals surface area contributed by atoms with Gasteiger partial charge >= 0.3 is 7.56 Å². The third kappa shape index (κ3) is 23.6. The van der Waals surface area contributed by atoms with E-state index in [-0.39, 0.29) is 6.61 Å². The summed E-state index contributed by atoms with van der Waals surface area (Å²) in [6.45, 7) is 9.79. The molecule has 0 bridgehead atoms. The molecule has 2 aromatic carbocycles. The van der Waals surface area contributed by atoms with Crippen molar-refractivity contribution in [1.82, 2.24) is 9.97 Å². The van der Waals surface area contributed by atoms with Crippen LogP contribution in [0.15, 0.2) is 114 Å². The summed E-state index contributed by atoms with van der Waals surface area (Å²) in [4.78, 5) is 8.65. The highest BCUT2D eigenvalue weighted by molar-refractivity contribution is 9.10. The van der Waals surface area contributed by atoms with E-state index in [1.807, 2.05) is 73.1 Å². The molecule has 315 valence electrons. The minimum Gasteiger partial charge on any atom is -0.397 e. The Hall–Kier alpha value is -3.73. The first-order chi connectivity index (χ1) is 28.4. The number of benzene rings is 2. The molecule has 2 N–H and O–H groups in total. The molecular formula is C44H56BBrF3N2O7. The third-order valence-electron chi connectivity index (χ3n) is 8.06. The SMILES string of the molecule is Brc1ccc(C2=CCOCC2)cn1.CCO.CC[B]F.FF.O[C@@H](COCc1ccccc1)Cc1ccc(C2=CCOCC2)cn1.c1ccc(COC[C@H]2CO2)cc1. The van der Waals surface area contributed by atoms with Gasteiger partial charge < -0.3 is 38.2 Å². The molecule has 7 rings (SSSR count). The topological polar surface area (TPSA) is 116 Å². The molecule has 58 heavy (non-hydrogen) atoms. The van der Waals surface area contributed by atoms with Crippen molar-refractivity contribution in [2.45, 2.75) is 64.9 Å². The molecule has 0 saturated carbocycles. The van der Waals surface area contributed by atoms with Crippen molar-refractivity contribution < 1.29 is 47.4 Å². The third-order valence-corrected chi connectivity index (χ3v) is 8.53. The quantitative estimate of drug-likeness (QED) is 0.0772. The summed E-state index contributed by atoms with van der Waals surface area (Å²) < 4.78 is 54.0. The maximum Gasteiger partial charge on any atom is 0.354 e. The maximum absolute atomic E-state index is 10.6. The number of nitrogens with zero attached hydrogens (tertiary/aromatic N) is 2. The molecule has 5 heterocycles. The van der Waals surface area contributed by atoms with Crippen molar-refractivity contribution in [3.05, 3.63) is 142 Å². The van der Waals surface area contributed by atoms with Crippen LogP contribution in [0.2, 0.25) is 6.32 Å². The van der Waals surface area contributed by atoms with Gasteiger partial charge in [0, 0.05) is 40.3 Å². The van der Waals surface area contributed by atoms with Crippen LogP contribution in [0.1, 0.15) is 54.6 Å². The first-order valence-electron chi connectivity index (χ1n) is 19.3. The second-order valence-corrected chi connectivity index (χ2v) is 13.5. The lowest BCUT2D eigenvalue weighted by Crippen LogP contribution is -2.18. The number of aliphatic hydroxyl groups is 2. The minimum atomic E-state index is -0.547. The van der Waals surface area contributed by atoms with Crippen molar-refractivity contribution in [3.63, 3.8) is 0 Å². The van der Waals surface area contributed by atoms with Gasteiger partial charge in [-0.15, -0.1) is 0 Å². The molecule has 4 aromatic rings. The van der Waals surface area contributed by atoms with Gasteiger partial charge in [0.05, 0.1) is 65.6 Å². The van der Waals surface area contributed by atoms with Crippen molar-refractivity contribution >= 4 is 34.6 Å². The summed E-state index contributed by atoms with van der Waals surface area (Å²) in [5.74, 6) is 0. The Bertz CT molecular complexity index is 1640. The van der Waals surface area contributed by atoms with Crippen molar-refractivity contribution in [3.8, 4) is 0 Å². The first kappa shape index (κ1) is 50.4. The Morgan fingerprint density at radius 3 is 1.71 bits per heavy atom. The number of epoxide rings is 1. The molecule has 9 nitrogen and oxygen atoms in total. The Morgan fingerprint density at radius 2 is 1.29 bits per heavy atom. The second kappa shape index (κ2) is 33.1. The zero-order chi connectivity index (χ0) is 42.1. The Morgan fingerprint density at radius 1 is 0.793 bits per heavy atom. The fraction of sp³-hybridized carbons (Fsp3) is 0.409. The van der Waals surface area contributed by atoms with E-state index < -0.39 is 6.10 Å². The lowest BCUT2D eigenvalue weighted by Gasteiger charge is -2.14. The highest BCUT2D eigenvalue weighted by atomic mass is 79.9. The lowest BCUT2D eigenvalue weighted by atomic mass is 10.0. The van der Waals surface area contributed by atoms with E-state index in [4.69, 9.17) is 37.9 Å². The van der Waals surface area contributed by atoms with Crippen LogP contribution in [-0.2, 0) is 43.3 Å². The van der Waals surface area contributed by atoms with Crippen LogP contribution < -0.4 is 0 Å². The van der Waals surface area contributed by atoms with Gasteiger partial charge in [-0.25, -0.2) is 4.98 Å². The molecule has 1 fully saturated rings. The highest BCUT2D eigenvalue weighted by Gasteiger charge is 2.22. The van der Waals surface area contributed by atoms with E-state index in [1.54, 1.807) is 13.8 Å². The van der Waals surface area contributed by atoms with Gasteiger partial charge in [0.15, 0.2) is 0 Å². The van der Waals surface area contributed by atoms with E-state index >= 15 is 0 Å². The molecule has 2 atom stereocenters. The average molecular weight is 873 g/mol. The van der Waals surface area contributed by atoms with Crippen LogP contribution in [-0.4, -0.2) is 92.8 Å². The second-order valence-electron chi connectivity index (χ2n) is 12.7. The molecule has 0 unspecified atom stereocenters. The van der Waals surface area contributed by atoms with Crippen molar-refractivity contribution in [2.24, 2.45) is 0 Å². The summed E-state index contributed by atoms with van der Waals surface area (Å²) >= 11 is 3.31. The number of ether oxygens (including phenoxy) is 5. The molecule has 1 radical (unpaired) electrons. The normalized spacial score (nSPS) is 15.5. The largest absolute Gasteiger partial charge is 0.397 e. The van der Waals surface area contributed by atoms with Gasteiger partial charge in [0.1, 0.15) is 10.7 Å². The standard InChI is InChI=1S/C20H23NO3.C10H10BrNO.C10H12O2.C2H5BF.C2H6O.F2/c22-20(15-24-14-16-4-2-1-3-5-16)12-19-7-6-18(13-21-19)17-8-10-23-11-9-17;11-10-2-1-9(7-12-10)8-3-5-13-6-4-8;1-2-4-9(5-3-1)6-11-7-10-8-12-10;1-2-3-4;1-2-3;1-2/h1-8,13,20,22H,9-12,14-15H2;1-3,7H,4-6H2;1-5,10H,6-8H2;2H2,1H3;3H,2H2,1H3;/t20-;;10-;;;/m1.0.../s1. The molecule has 3 aliphatic heterocycles. The first-order valence-corrected chi connectivity index (χ1v) is 20.1. The molecule has 2 aromatic heterocycles. The molecule has 0 amide bonds. The number of aromatic nitrogens is 2. The Labute approximate surface area is 350 Å².